The van der Waals surface area contributed by atoms with Gasteiger partial charge in [0.2, 0.25) is 11.8 Å². The summed E-state index contributed by atoms with van der Waals surface area (Å²) in [5, 5.41) is 15.3. The molecule has 0 bridgehead atoms. The maximum Gasteiger partial charge on any atom is 0.249 e. The largest absolute Gasteiger partial charge is 0.453 e. The highest BCUT2D eigenvalue weighted by atomic mass is 32.2. The number of likely N-dealkylation sites (tertiary alicyclic amines) is 1. The van der Waals surface area contributed by atoms with E-state index >= 15 is 8.78 Å². The molecule has 1 aromatic heterocycles. The minimum Gasteiger partial charge on any atom is -0.453 e. The molecule has 0 radical (unpaired) electrons. The quantitative estimate of drug-likeness (QED) is 0.101. The van der Waals surface area contributed by atoms with Crippen LogP contribution in [0.15, 0.2) is 54.7 Å². The predicted octanol–water partition coefficient (Wildman–Crippen LogP) is 7.78. The summed E-state index contributed by atoms with van der Waals surface area (Å²) in [4.78, 5) is 35.9. The zero-order valence-corrected chi connectivity index (χ0v) is 33.5. The fourth-order valence-corrected chi connectivity index (χ4v) is 9.39. The van der Waals surface area contributed by atoms with Crippen molar-refractivity contribution in [3.05, 3.63) is 83.2 Å². The van der Waals surface area contributed by atoms with E-state index in [2.05, 4.69) is 31.3 Å². The van der Waals surface area contributed by atoms with E-state index in [1.54, 1.807) is 18.2 Å². The Labute approximate surface area is 341 Å². The second-order valence-electron chi connectivity index (χ2n) is 15.9. The molecule has 4 heterocycles. The number of imide groups is 1. The molecule has 3 aromatic carbocycles. The van der Waals surface area contributed by atoms with E-state index in [0.29, 0.717) is 47.2 Å². The average molecular weight is 811 g/mol. The van der Waals surface area contributed by atoms with Gasteiger partial charge in [-0.1, -0.05) is 13.0 Å². The molecule has 3 aliphatic heterocycles. The lowest BCUT2D eigenvalue weighted by molar-refractivity contribution is -0.133. The molecule has 12 nitrogen and oxygen atoms in total. The Morgan fingerprint density at radius 1 is 1.03 bits per heavy atom. The standard InChI is InChI=1S/C43H48F2N8O4S/c1-3-52(2)58-51-35-13-11-33(44)41(32(35)23-46)57-30-9-12-36-38(21-30)49-39(24-47-36)27-22-43(56-25-27)16-18-53(19-17-43)29-7-4-26(5-8-29)31-10-6-28(20-34(31)45)48-37-14-15-40(54)50-42(37)55/h6,9-13,20-21,24,26-27,29,37,48,51H,3-5,7-8,14-19,22,25H2,1-2H3,(H,50,54,55). The third kappa shape index (κ3) is 8.61. The molecule has 1 aliphatic carbocycles. The summed E-state index contributed by atoms with van der Waals surface area (Å²) < 4.78 is 48.0. The Kier molecular flexibility index (Phi) is 11.8. The number of piperidine rings is 2. The van der Waals surface area contributed by atoms with E-state index < -0.39 is 11.9 Å². The Hall–Kier alpha value is -4.88. The van der Waals surface area contributed by atoms with Gasteiger partial charge in [-0.2, -0.15) is 5.26 Å². The SMILES string of the molecule is CCN(C)SNc1ccc(F)c(Oc2ccc3ncc(C4COC5(CCN(C6CCC(c7ccc(NC8CCC(=O)NC8=O)cc7F)CC6)CC5)C4)nc3c2)c1C#N. The molecule has 3 saturated heterocycles. The molecule has 1 saturated carbocycles. The van der Waals surface area contributed by atoms with Crippen molar-refractivity contribution in [1.29, 1.82) is 5.26 Å². The van der Waals surface area contributed by atoms with E-state index in [4.69, 9.17) is 14.5 Å². The summed E-state index contributed by atoms with van der Waals surface area (Å²) in [7, 11) is 1.91. The van der Waals surface area contributed by atoms with Gasteiger partial charge in [0.1, 0.15) is 29.2 Å². The van der Waals surface area contributed by atoms with Crippen LogP contribution in [0.5, 0.6) is 11.5 Å². The van der Waals surface area contributed by atoms with Crippen LogP contribution in [0.2, 0.25) is 0 Å². The number of fused-ring (bicyclic) bond motifs is 1. The fourth-order valence-electron chi connectivity index (χ4n) is 8.84. The number of nitriles is 1. The molecule has 2 amide bonds. The van der Waals surface area contributed by atoms with E-state index in [0.717, 1.165) is 75.8 Å². The molecule has 58 heavy (non-hydrogen) atoms. The summed E-state index contributed by atoms with van der Waals surface area (Å²) in [6.07, 6.45) is 9.08. The molecular weight excluding hydrogens is 763 g/mol. The van der Waals surface area contributed by atoms with Crippen molar-refractivity contribution >= 4 is 46.4 Å². The maximum atomic E-state index is 15.3. The maximum absolute atomic E-state index is 15.3. The topological polar surface area (TPSA) is 145 Å². The molecule has 4 fully saturated rings. The normalized spacial score (nSPS) is 23.5. The molecule has 2 unspecified atom stereocenters. The van der Waals surface area contributed by atoms with Crippen molar-refractivity contribution in [3.63, 3.8) is 0 Å². The monoisotopic (exact) mass is 810 g/mol. The number of aromatic nitrogens is 2. The molecule has 1 spiro atoms. The Balaban J connectivity index is 0.848. The molecule has 8 rings (SSSR count). The summed E-state index contributed by atoms with van der Waals surface area (Å²) in [6, 6.07) is 15.2. The van der Waals surface area contributed by atoms with Crippen LogP contribution in [-0.4, -0.2) is 82.0 Å². The van der Waals surface area contributed by atoms with Gasteiger partial charge in [0, 0.05) is 68.1 Å². The van der Waals surface area contributed by atoms with Gasteiger partial charge in [-0.05, 0) is 106 Å². The number of rotatable bonds is 11. The highest BCUT2D eigenvalue weighted by Crippen LogP contribution is 2.45. The Bertz CT molecular complexity index is 2220. The molecule has 4 aliphatic rings. The summed E-state index contributed by atoms with van der Waals surface area (Å²) in [5.74, 6) is -1.09. The zero-order chi connectivity index (χ0) is 40.4. The van der Waals surface area contributed by atoms with Crippen LogP contribution >= 0.6 is 12.1 Å². The summed E-state index contributed by atoms with van der Waals surface area (Å²) in [6.45, 7) is 5.25. The minimum atomic E-state index is -0.636. The fraction of sp³-hybridized carbons (Fsp3) is 0.465. The number of carbonyl (C=O) groups is 2. The minimum absolute atomic E-state index is 0.0738. The van der Waals surface area contributed by atoms with Gasteiger partial charge >= 0.3 is 0 Å². The number of nitrogens with one attached hydrogen (secondary N) is 3. The van der Waals surface area contributed by atoms with Crippen molar-refractivity contribution in [2.75, 3.05) is 43.3 Å². The van der Waals surface area contributed by atoms with Crippen LogP contribution in [-0.2, 0) is 14.3 Å². The Morgan fingerprint density at radius 2 is 1.84 bits per heavy atom. The van der Waals surface area contributed by atoms with E-state index in [9.17, 15) is 14.9 Å². The van der Waals surface area contributed by atoms with E-state index in [1.807, 2.05) is 36.6 Å². The van der Waals surface area contributed by atoms with Crippen LogP contribution in [0.3, 0.4) is 0 Å². The van der Waals surface area contributed by atoms with Gasteiger partial charge in [-0.3, -0.25) is 19.9 Å². The van der Waals surface area contributed by atoms with Crippen LogP contribution < -0.4 is 20.1 Å². The molecule has 3 N–H and O–H groups in total. The number of amides is 2. The van der Waals surface area contributed by atoms with E-state index in [1.165, 1.54) is 30.3 Å². The van der Waals surface area contributed by atoms with Crippen molar-refractivity contribution in [2.24, 2.45) is 0 Å². The Morgan fingerprint density at radius 3 is 2.59 bits per heavy atom. The highest BCUT2D eigenvalue weighted by molar-refractivity contribution is 7.98. The summed E-state index contributed by atoms with van der Waals surface area (Å²) in [5.41, 5.74) is 3.75. The number of carbonyl (C=O) groups excluding carboxylic acids is 2. The van der Waals surface area contributed by atoms with Crippen LogP contribution in [0.1, 0.15) is 93.4 Å². The van der Waals surface area contributed by atoms with Crippen LogP contribution in [0.4, 0.5) is 20.2 Å². The number of benzene rings is 3. The van der Waals surface area contributed by atoms with Gasteiger partial charge in [-0.15, -0.1) is 0 Å². The van der Waals surface area contributed by atoms with Gasteiger partial charge < -0.3 is 24.4 Å². The first-order valence-electron chi connectivity index (χ1n) is 20.2. The molecule has 15 heteroatoms. The second kappa shape index (κ2) is 17.1. The van der Waals surface area contributed by atoms with Crippen molar-refractivity contribution in [2.45, 2.75) is 94.2 Å². The molecule has 2 atom stereocenters. The number of hydrogen-bond donors (Lipinski definition) is 3. The zero-order valence-electron chi connectivity index (χ0n) is 32.7. The lowest BCUT2D eigenvalue weighted by Gasteiger charge is -2.44. The van der Waals surface area contributed by atoms with Crippen molar-refractivity contribution < 1.29 is 27.8 Å². The lowest BCUT2D eigenvalue weighted by Crippen LogP contribution is -2.48. The molecule has 4 aromatic rings. The second-order valence-corrected chi connectivity index (χ2v) is 16.9. The first-order chi connectivity index (χ1) is 28.1. The van der Waals surface area contributed by atoms with Gasteiger partial charge in [0.15, 0.2) is 11.6 Å². The first kappa shape index (κ1) is 39.9. The average Bonchev–Trinajstić information content (AvgIpc) is 3.65. The molecular formula is C43H48F2N8O4S. The smallest absolute Gasteiger partial charge is 0.249 e. The van der Waals surface area contributed by atoms with Crippen molar-refractivity contribution in [3.8, 4) is 17.6 Å². The third-order valence-corrected chi connectivity index (χ3v) is 13.2. The number of ether oxygens (including phenoxy) is 2. The van der Waals surface area contributed by atoms with Crippen LogP contribution in [0, 0.1) is 23.0 Å². The lowest BCUT2D eigenvalue weighted by atomic mass is 9.79. The van der Waals surface area contributed by atoms with Gasteiger partial charge in [0.05, 0.1) is 34.6 Å². The van der Waals surface area contributed by atoms with Gasteiger partial charge in [0.25, 0.3) is 0 Å². The van der Waals surface area contributed by atoms with E-state index in [-0.39, 0.29) is 52.8 Å². The van der Waals surface area contributed by atoms with Crippen LogP contribution in [0.25, 0.3) is 11.0 Å². The number of hydrogen-bond acceptors (Lipinski definition) is 12. The first-order valence-corrected chi connectivity index (χ1v) is 21.0. The predicted molar refractivity (Wildman–Crippen MR) is 218 cm³/mol. The van der Waals surface area contributed by atoms with Gasteiger partial charge in [-0.25, -0.2) is 18.1 Å². The number of halogens is 2. The third-order valence-electron chi connectivity index (χ3n) is 12.3. The van der Waals surface area contributed by atoms with Crippen molar-refractivity contribution in [1.82, 2.24) is 24.5 Å². The molecule has 304 valence electrons. The number of nitrogens with zero attached hydrogens (tertiary/aromatic N) is 5. The summed E-state index contributed by atoms with van der Waals surface area (Å²) >= 11 is 1.31. The highest BCUT2D eigenvalue weighted by Gasteiger charge is 2.45. The number of anilines is 2.